The first-order valence-corrected chi connectivity index (χ1v) is 9.00. The zero-order chi connectivity index (χ0) is 17.6. The molecule has 2 N–H and O–H groups in total. The van der Waals surface area contributed by atoms with Crippen LogP contribution < -0.4 is 10.6 Å². The lowest BCUT2D eigenvalue weighted by atomic mass is 10.3. The molecule has 1 aromatic heterocycles. The van der Waals surface area contributed by atoms with Crippen LogP contribution in [0.15, 0.2) is 46.6 Å². The summed E-state index contributed by atoms with van der Waals surface area (Å²) < 4.78 is 5.05. The molecule has 2 aromatic rings. The Morgan fingerprint density at radius 1 is 1.20 bits per heavy atom. The topological polar surface area (TPSA) is 84.6 Å². The lowest BCUT2D eigenvalue weighted by Crippen LogP contribution is -2.49. The van der Waals surface area contributed by atoms with E-state index in [2.05, 4.69) is 14.9 Å². The number of ether oxygens (including phenoxy) is 1. The van der Waals surface area contributed by atoms with E-state index >= 15 is 0 Å². The van der Waals surface area contributed by atoms with Crippen molar-refractivity contribution in [2.75, 3.05) is 43.4 Å². The fourth-order valence-corrected chi connectivity index (χ4v) is 3.44. The van der Waals surface area contributed by atoms with E-state index < -0.39 is 0 Å². The van der Waals surface area contributed by atoms with Crippen molar-refractivity contribution >= 4 is 29.4 Å². The van der Waals surface area contributed by atoms with Gasteiger partial charge in [-0.3, -0.25) is 0 Å². The molecule has 1 fully saturated rings. The number of amides is 1. The SMILES string of the molecule is CCOC(=O)N1CCN(c2ncnc(Sc3ccccc3)c2N)CC1. The van der Waals surface area contributed by atoms with Gasteiger partial charge in [-0.1, -0.05) is 30.0 Å². The van der Waals surface area contributed by atoms with Crippen molar-refractivity contribution in [2.45, 2.75) is 16.8 Å². The average Bonchev–Trinajstić information content (AvgIpc) is 2.65. The largest absolute Gasteiger partial charge is 0.450 e. The Labute approximate surface area is 151 Å². The van der Waals surface area contributed by atoms with Gasteiger partial charge >= 0.3 is 6.09 Å². The number of nitrogen functional groups attached to an aromatic ring is 1. The molecule has 0 radical (unpaired) electrons. The molecular formula is C17H21N5O2S. The number of hydrogen-bond donors (Lipinski definition) is 1. The average molecular weight is 359 g/mol. The molecule has 3 rings (SSSR count). The van der Waals surface area contributed by atoms with Crippen LogP contribution >= 0.6 is 11.8 Å². The van der Waals surface area contributed by atoms with Gasteiger partial charge in [-0.25, -0.2) is 14.8 Å². The molecule has 0 saturated carbocycles. The van der Waals surface area contributed by atoms with Gasteiger partial charge < -0.3 is 20.3 Å². The van der Waals surface area contributed by atoms with Gasteiger partial charge in [-0.05, 0) is 19.1 Å². The Kier molecular flexibility index (Phi) is 5.60. The molecule has 1 amide bonds. The van der Waals surface area contributed by atoms with E-state index in [0.29, 0.717) is 38.5 Å². The number of carbonyl (C=O) groups excluding carboxylic acids is 1. The molecule has 25 heavy (non-hydrogen) atoms. The number of rotatable bonds is 4. The van der Waals surface area contributed by atoms with Crippen LogP contribution in [0.5, 0.6) is 0 Å². The van der Waals surface area contributed by atoms with Crippen molar-refractivity contribution < 1.29 is 9.53 Å². The Balaban J connectivity index is 1.69. The molecule has 0 bridgehead atoms. The van der Waals surface area contributed by atoms with Gasteiger partial charge in [0.05, 0.1) is 6.61 Å². The van der Waals surface area contributed by atoms with Gasteiger partial charge in [0.1, 0.15) is 17.0 Å². The number of hydrogen-bond acceptors (Lipinski definition) is 7. The van der Waals surface area contributed by atoms with E-state index in [4.69, 9.17) is 10.5 Å². The lowest BCUT2D eigenvalue weighted by Gasteiger charge is -2.35. The maximum absolute atomic E-state index is 11.8. The van der Waals surface area contributed by atoms with E-state index in [1.54, 1.807) is 4.90 Å². The molecule has 0 spiro atoms. The summed E-state index contributed by atoms with van der Waals surface area (Å²) in [5.41, 5.74) is 6.88. The molecule has 0 unspecified atom stereocenters. The highest BCUT2D eigenvalue weighted by Gasteiger charge is 2.24. The summed E-state index contributed by atoms with van der Waals surface area (Å²) in [4.78, 5) is 25.3. The van der Waals surface area contributed by atoms with Crippen LogP contribution in [-0.2, 0) is 4.74 Å². The molecule has 1 aromatic carbocycles. The minimum atomic E-state index is -0.266. The summed E-state index contributed by atoms with van der Waals surface area (Å²) in [6, 6.07) is 9.97. The van der Waals surface area contributed by atoms with Gasteiger partial charge in [-0.15, -0.1) is 0 Å². The number of carbonyl (C=O) groups is 1. The third-order valence-corrected chi connectivity index (χ3v) is 4.92. The Morgan fingerprint density at radius 3 is 2.60 bits per heavy atom. The first-order valence-electron chi connectivity index (χ1n) is 8.19. The number of nitrogens with zero attached hydrogens (tertiary/aromatic N) is 4. The molecule has 0 atom stereocenters. The molecular weight excluding hydrogens is 338 g/mol. The molecule has 1 aliphatic rings. The third-order valence-electron chi connectivity index (χ3n) is 3.89. The standard InChI is InChI=1S/C17H21N5O2S/c1-2-24-17(23)22-10-8-21(9-11-22)15-14(18)16(20-12-19-15)25-13-6-4-3-5-7-13/h3-7,12H,2,8-11,18H2,1H3. The molecule has 1 saturated heterocycles. The summed E-state index contributed by atoms with van der Waals surface area (Å²) in [5, 5.41) is 0.740. The van der Waals surface area contributed by atoms with Crippen molar-refractivity contribution in [3.63, 3.8) is 0 Å². The second kappa shape index (κ2) is 8.06. The second-order valence-electron chi connectivity index (χ2n) is 5.50. The number of benzene rings is 1. The first-order chi connectivity index (χ1) is 12.2. The Morgan fingerprint density at radius 2 is 1.92 bits per heavy atom. The summed E-state index contributed by atoms with van der Waals surface area (Å²) in [6.07, 6.45) is 1.27. The lowest BCUT2D eigenvalue weighted by molar-refractivity contribution is 0.105. The third kappa shape index (κ3) is 4.14. The van der Waals surface area contributed by atoms with Gasteiger partial charge in [0.2, 0.25) is 0 Å². The van der Waals surface area contributed by atoms with Crippen LogP contribution in [0.4, 0.5) is 16.3 Å². The van der Waals surface area contributed by atoms with Crippen molar-refractivity contribution in [1.29, 1.82) is 0 Å². The van der Waals surface area contributed by atoms with E-state index in [0.717, 1.165) is 15.7 Å². The summed E-state index contributed by atoms with van der Waals surface area (Å²) in [7, 11) is 0. The zero-order valence-corrected chi connectivity index (χ0v) is 14.9. The number of nitrogens with two attached hydrogens (primary N) is 1. The second-order valence-corrected chi connectivity index (χ2v) is 6.57. The number of aromatic nitrogens is 2. The molecule has 0 aliphatic carbocycles. The molecule has 132 valence electrons. The minimum Gasteiger partial charge on any atom is -0.450 e. The van der Waals surface area contributed by atoms with Gasteiger partial charge in [0, 0.05) is 31.1 Å². The highest BCUT2D eigenvalue weighted by atomic mass is 32.2. The predicted octanol–water partition coefficient (Wildman–Crippen LogP) is 2.49. The zero-order valence-electron chi connectivity index (χ0n) is 14.1. The summed E-state index contributed by atoms with van der Waals surface area (Å²) >= 11 is 1.52. The van der Waals surface area contributed by atoms with Crippen LogP contribution in [0.3, 0.4) is 0 Å². The van der Waals surface area contributed by atoms with Crippen molar-refractivity contribution in [1.82, 2.24) is 14.9 Å². The normalized spacial score (nSPS) is 14.4. The van der Waals surface area contributed by atoms with Crippen molar-refractivity contribution in [2.24, 2.45) is 0 Å². The van der Waals surface area contributed by atoms with E-state index in [-0.39, 0.29) is 6.09 Å². The van der Waals surface area contributed by atoms with Crippen LogP contribution in [0.1, 0.15) is 6.92 Å². The highest BCUT2D eigenvalue weighted by Crippen LogP contribution is 2.34. The van der Waals surface area contributed by atoms with Gasteiger partial charge in [0.25, 0.3) is 0 Å². The van der Waals surface area contributed by atoms with Gasteiger partial charge in [0.15, 0.2) is 5.82 Å². The molecule has 8 heteroatoms. The van der Waals surface area contributed by atoms with E-state index in [1.807, 2.05) is 37.3 Å². The fourth-order valence-electron chi connectivity index (χ4n) is 2.62. The van der Waals surface area contributed by atoms with E-state index in [9.17, 15) is 4.79 Å². The maximum atomic E-state index is 11.8. The van der Waals surface area contributed by atoms with Gasteiger partial charge in [-0.2, -0.15) is 0 Å². The summed E-state index contributed by atoms with van der Waals surface area (Å²) in [6.45, 7) is 4.69. The molecule has 1 aliphatic heterocycles. The van der Waals surface area contributed by atoms with Crippen LogP contribution in [0, 0.1) is 0 Å². The highest BCUT2D eigenvalue weighted by molar-refractivity contribution is 7.99. The Bertz CT molecular complexity index is 720. The fraction of sp³-hybridized carbons (Fsp3) is 0.353. The number of anilines is 2. The summed E-state index contributed by atoms with van der Waals surface area (Å²) in [5.74, 6) is 0.719. The Hall–Kier alpha value is -2.48. The van der Waals surface area contributed by atoms with Crippen LogP contribution in [0.25, 0.3) is 0 Å². The van der Waals surface area contributed by atoms with Crippen LogP contribution in [-0.4, -0.2) is 53.7 Å². The first kappa shape index (κ1) is 17.3. The van der Waals surface area contributed by atoms with E-state index in [1.165, 1.54) is 18.1 Å². The van der Waals surface area contributed by atoms with Crippen LogP contribution in [0.2, 0.25) is 0 Å². The smallest absolute Gasteiger partial charge is 0.409 e. The van der Waals surface area contributed by atoms with Crippen molar-refractivity contribution in [3.8, 4) is 0 Å². The maximum Gasteiger partial charge on any atom is 0.409 e. The monoisotopic (exact) mass is 359 g/mol. The predicted molar refractivity (Wildman–Crippen MR) is 97.8 cm³/mol. The molecule has 2 heterocycles. The molecule has 7 nitrogen and oxygen atoms in total. The van der Waals surface area contributed by atoms with Crippen molar-refractivity contribution in [3.05, 3.63) is 36.7 Å². The minimum absolute atomic E-state index is 0.266. The number of piperazine rings is 1. The quantitative estimate of drug-likeness (QED) is 0.840.